The lowest BCUT2D eigenvalue weighted by molar-refractivity contribution is -0.140. The fraction of sp³-hybridized carbons (Fsp3) is 0.909. The molecule has 2 aliphatic rings. The van der Waals surface area contributed by atoms with Gasteiger partial charge in [-0.05, 0) is 18.8 Å². The van der Waals surface area contributed by atoms with Gasteiger partial charge < -0.3 is 5.11 Å². The number of carboxylic acids is 1. The van der Waals surface area contributed by atoms with Crippen molar-refractivity contribution in [1.29, 1.82) is 0 Å². The number of hydrogen-bond acceptors (Lipinski definition) is 4. The molecule has 1 aliphatic heterocycles. The number of thioether (sulfide) groups is 1. The summed E-state index contributed by atoms with van der Waals surface area (Å²) in [7, 11) is -3.42. The molecule has 104 valence electrons. The predicted molar refractivity (Wildman–Crippen MR) is 70.9 cm³/mol. The van der Waals surface area contributed by atoms with E-state index in [0.29, 0.717) is 5.75 Å². The number of nitrogens with zero attached hydrogens (tertiary/aromatic N) is 1. The summed E-state index contributed by atoms with van der Waals surface area (Å²) >= 11 is 1.37. The van der Waals surface area contributed by atoms with Crippen LogP contribution in [0.5, 0.6) is 0 Å². The van der Waals surface area contributed by atoms with Crippen molar-refractivity contribution < 1.29 is 18.3 Å². The molecule has 0 amide bonds. The van der Waals surface area contributed by atoms with Crippen LogP contribution in [0, 0.1) is 5.92 Å². The third-order valence-corrected chi connectivity index (χ3v) is 6.82. The molecule has 2 fully saturated rings. The Bertz CT molecular complexity index is 403. The molecule has 1 atom stereocenters. The van der Waals surface area contributed by atoms with Gasteiger partial charge in [-0.3, -0.25) is 4.79 Å². The zero-order chi connectivity index (χ0) is 13.2. The van der Waals surface area contributed by atoms with E-state index in [1.165, 1.54) is 22.5 Å². The van der Waals surface area contributed by atoms with E-state index in [4.69, 9.17) is 5.11 Å². The molecule has 1 saturated carbocycles. The fourth-order valence-corrected chi connectivity index (χ4v) is 6.29. The largest absolute Gasteiger partial charge is 0.480 e. The fourth-order valence-electron chi connectivity index (χ4n) is 2.64. The van der Waals surface area contributed by atoms with E-state index in [1.54, 1.807) is 0 Å². The quantitative estimate of drug-likeness (QED) is 0.847. The molecular weight excluding hydrogens is 274 g/mol. The zero-order valence-corrected chi connectivity index (χ0v) is 11.9. The molecule has 1 aliphatic carbocycles. The number of rotatable bonds is 4. The van der Waals surface area contributed by atoms with Crippen LogP contribution < -0.4 is 0 Å². The van der Waals surface area contributed by atoms with Gasteiger partial charge in [-0.25, -0.2) is 8.42 Å². The second-order valence-electron chi connectivity index (χ2n) is 5.02. The lowest BCUT2D eigenvalue weighted by Crippen LogP contribution is -2.43. The lowest BCUT2D eigenvalue weighted by Gasteiger charge is -2.25. The number of carboxylic acid groups (broad SMARTS) is 1. The van der Waals surface area contributed by atoms with Crippen LogP contribution in [0.1, 0.15) is 32.1 Å². The maximum Gasteiger partial charge on any atom is 0.322 e. The normalized spacial score (nSPS) is 27.4. The summed E-state index contributed by atoms with van der Waals surface area (Å²) in [5, 5.41) is 9.03. The summed E-state index contributed by atoms with van der Waals surface area (Å²) in [5.41, 5.74) is 0. The molecular formula is C11H19NO4S2. The first-order chi connectivity index (χ1) is 8.50. The summed E-state index contributed by atoms with van der Waals surface area (Å²) in [4.78, 5) is 11.0. The number of carbonyl (C=O) groups is 1. The molecule has 1 unspecified atom stereocenters. The Morgan fingerprint density at radius 2 is 1.94 bits per heavy atom. The maximum atomic E-state index is 12.3. The molecule has 1 saturated heterocycles. The van der Waals surface area contributed by atoms with Crippen molar-refractivity contribution in [3.8, 4) is 0 Å². The van der Waals surface area contributed by atoms with E-state index in [2.05, 4.69) is 0 Å². The van der Waals surface area contributed by atoms with Gasteiger partial charge >= 0.3 is 5.97 Å². The number of sulfonamides is 1. The molecule has 18 heavy (non-hydrogen) atoms. The number of hydrogen-bond donors (Lipinski definition) is 1. The first-order valence-corrected chi connectivity index (χ1v) is 9.07. The second-order valence-corrected chi connectivity index (χ2v) is 7.99. The highest BCUT2D eigenvalue weighted by atomic mass is 32.2. The monoisotopic (exact) mass is 293 g/mol. The Morgan fingerprint density at radius 3 is 2.56 bits per heavy atom. The maximum absolute atomic E-state index is 12.3. The molecule has 0 bridgehead atoms. The molecule has 0 spiro atoms. The topological polar surface area (TPSA) is 74.7 Å². The molecule has 2 rings (SSSR count). The summed E-state index contributed by atoms with van der Waals surface area (Å²) < 4.78 is 25.7. The number of aliphatic carboxylic acids is 1. The molecule has 0 radical (unpaired) electrons. The van der Waals surface area contributed by atoms with Gasteiger partial charge in [-0.2, -0.15) is 4.31 Å². The second kappa shape index (κ2) is 5.79. The Hall–Kier alpha value is -0.270. The minimum Gasteiger partial charge on any atom is -0.480 e. The van der Waals surface area contributed by atoms with Crippen molar-refractivity contribution >= 4 is 27.8 Å². The summed E-state index contributed by atoms with van der Waals surface area (Å²) in [6.45, 7) is 0. The first kappa shape index (κ1) is 14.1. The molecule has 0 aromatic carbocycles. The highest BCUT2D eigenvalue weighted by Gasteiger charge is 2.40. The smallest absolute Gasteiger partial charge is 0.322 e. The van der Waals surface area contributed by atoms with Crippen molar-refractivity contribution in [3.05, 3.63) is 0 Å². The highest BCUT2D eigenvalue weighted by Crippen LogP contribution is 2.29. The summed E-state index contributed by atoms with van der Waals surface area (Å²) in [5.74, 6) is -0.0567. The molecule has 0 aromatic heterocycles. The van der Waals surface area contributed by atoms with E-state index in [1.807, 2.05) is 0 Å². The van der Waals surface area contributed by atoms with Gasteiger partial charge in [0, 0.05) is 5.75 Å². The Kier molecular flexibility index (Phi) is 4.55. The molecule has 5 nitrogen and oxygen atoms in total. The van der Waals surface area contributed by atoms with E-state index in [9.17, 15) is 13.2 Å². The highest BCUT2D eigenvalue weighted by molar-refractivity contribution is 8.00. The van der Waals surface area contributed by atoms with Crippen LogP contribution in [0.4, 0.5) is 0 Å². The van der Waals surface area contributed by atoms with Gasteiger partial charge in [-0.15, -0.1) is 11.8 Å². The van der Waals surface area contributed by atoms with Crippen LogP contribution in [0.3, 0.4) is 0 Å². The van der Waals surface area contributed by atoms with Crippen molar-refractivity contribution in [3.63, 3.8) is 0 Å². The van der Waals surface area contributed by atoms with Crippen LogP contribution in [0.15, 0.2) is 0 Å². The minimum atomic E-state index is -3.42. The van der Waals surface area contributed by atoms with Crippen molar-refractivity contribution in [1.82, 2.24) is 4.31 Å². The van der Waals surface area contributed by atoms with Crippen molar-refractivity contribution in [2.45, 2.75) is 38.1 Å². The van der Waals surface area contributed by atoms with Gasteiger partial charge in [-0.1, -0.05) is 19.3 Å². The molecule has 1 N–H and O–H groups in total. The Labute approximate surface area is 112 Å². The standard InChI is InChI=1S/C11H19NO4S2/c13-11(14)10-6-17-8-12(10)18(15,16)7-9-4-2-1-3-5-9/h9-10H,1-8H2,(H,13,14). The molecule has 0 aromatic rings. The molecule has 1 heterocycles. The summed E-state index contributed by atoms with van der Waals surface area (Å²) in [6, 6.07) is -0.872. The van der Waals surface area contributed by atoms with E-state index in [0.717, 1.165) is 25.7 Å². The summed E-state index contributed by atoms with van der Waals surface area (Å²) in [6.07, 6.45) is 5.29. The van der Waals surface area contributed by atoms with Gasteiger partial charge in [0.15, 0.2) is 0 Å². The average molecular weight is 293 g/mol. The third-order valence-electron chi connectivity index (χ3n) is 3.66. The zero-order valence-electron chi connectivity index (χ0n) is 10.2. The van der Waals surface area contributed by atoms with Crippen LogP contribution in [0.25, 0.3) is 0 Å². The first-order valence-electron chi connectivity index (χ1n) is 6.31. The van der Waals surface area contributed by atoms with E-state index >= 15 is 0 Å². The van der Waals surface area contributed by atoms with Crippen LogP contribution in [-0.4, -0.2) is 47.2 Å². The van der Waals surface area contributed by atoms with Crippen LogP contribution >= 0.6 is 11.8 Å². The van der Waals surface area contributed by atoms with Gasteiger partial charge in [0.25, 0.3) is 0 Å². The van der Waals surface area contributed by atoms with E-state index < -0.39 is 22.0 Å². The van der Waals surface area contributed by atoms with Crippen molar-refractivity contribution in [2.75, 3.05) is 17.4 Å². The van der Waals surface area contributed by atoms with E-state index in [-0.39, 0.29) is 17.5 Å². The minimum absolute atomic E-state index is 0.122. The lowest BCUT2D eigenvalue weighted by atomic mass is 9.91. The predicted octanol–water partition coefficient (Wildman–Crippen LogP) is 1.36. The molecule has 7 heteroatoms. The van der Waals surface area contributed by atoms with Gasteiger partial charge in [0.2, 0.25) is 10.0 Å². The van der Waals surface area contributed by atoms with Gasteiger partial charge in [0.05, 0.1) is 11.6 Å². The SMILES string of the molecule is O=C(O)C1CSCN1S(=O)(=O)CC1CCCCC1. The Morgan fingerprint density at radius 1 is 1.28 bits per heavy atom. The Balaban J connectivity index is 2.03. The third kappa shape index (κ3) is 3.19. The van der Waals surface area contributed by atoms with Crippen LogP contribution in [0.2, 0.25) is 0 Å². The van der Waals surface area contributed by atoms with Crippen molar-refractivity contribution in [2.24, 2.45) is 5.92 Å². The van der Waals surface area contributed by atoms with Gasteiger partial charge in [0.1, 0.15) is 6.04 Å². The average Bonchev–Trinajstić information content (AvgIpc) is 2.79. The van der Waals surface area contributed by atoms with Crippen LogP contribution in [-0.2, 0) is 14.8 Å².